The molecule has 0 radical (unpaired) electrons. The summed E-state index contributed by atoms with van der Waals surface area (Å²) >= 11 is 0. The first-order valence-electron chi connectivity index (χ1n) is 9.51. The van der Waals surface area contributed by atoms with Crippen LogP contribution in [0, 0.1) is 20.8 Å². The van der Waals surface area contributed by atoms with E-state index >= 15 is 0 Å². The van der Waals surface area contributed by atoms with E-state index in [-0.39, 0.29) is 17.5 Å². The molecule has 0 saturated carbocycles. The Hall–Kier alpha value is -1.86. The van der Waals surface area contributed by atoms with Crippen LogP contribution >= 0.6 is 0 Å². The number of ether oxygens (including phenoxy) is 1. The summed E-state index contributed by atoms with van der Waals surface area (Å²) in [4.78, 5) is 1.34. The number of hydrogen-bond donors (Lipinski definition) is 1. The molecule has 2 aromatic rings. The highest BCUT2D eigenvalue weighted by Crippen LogP contribution is 2.26. The molecule has 148 valence electrons. The predicted octanol–water partition coefficient (Wildman–Crippen LogP) is 1.26. The molecule has 1 aliphatic rings. The Labute approximate surface area is 162 Å². The highest BCUT2D eigenvalue weighted by Gasteiger charge is 2.31. The van der Waals surface area contributed by atoms with Crippen LogP contribution in [0.25, 0.3) is 0 Å². The molecule has 7 heteroatoms. The van der Waals surface area contributed by atoms with Crippen molar-refractivity contribution >= 4 is 9.84 Å². The largest absolute Gasteiger partial charge is 0.488 e. The van der Waals surface area contributed by atoms with Crippen LogP contribution in [0.3, 0.4) is 0 Å². The molecule has 1 saturated heterocycles. The van der Waals surface area contributed by atoms with Gasteiger partial charge in [0, 0.05) is 5.69 Å². The molecule has 3 rings (SSSR count). The van der Waals surface area contributed by atoms with Gasteiger partial charge in [0.1, 0.15) is 25.4 Å². The lowest BCUT2D eigenvalue weighted by Gasteiger charge is -2.16. The maximum Gasteiger partial charge on any atom is 0.152 e. The lowest BCUT2D eigenvalue weighted by molar-refractivity contribution is -0.893. The standard InChI is InChI=1S/C20H29N3O3S/c1-15-5-7-19(8-6-15)26-11-10-22(4)13-20-16(2)21-23(17(20)3)18-9-12-27(24,25)14-18/h5-8,18H,9-14H2,1-4H3/p+1/t18-/m1/s1. The Morgan fingerprint density at radius 1 is 1.22 bits per heavy atom. The summed E-state index contributed by atoms with van der Waals surface area (Å²) in [7, 11) is -0.763. The van der Waals surface area contributed by atoms with Gasteiger partial charge in [0.15, 0.2) is 9.84 Å². The van der Waals surface area contributed by atoms with Gasteiger partial charge in [-0.3, -0.25) is 4.68 Å². The SMILES string of the molecule is Cc1ccc(OCC[NH+](C)Cc2c(C)nn([C@@H]3CCS(=O)(=O)C3)c2C)cc1. The van der Waals surface area contributed by atoms with Gasteiger partial charge in [0.2, 0.25) is 0 Å². The number of sulfone groups is 1. The van der Waals surface area contributed by atoms with Crippen molar-refractivity contribution in [1.82, 2.24) is 9.78 Å². The van der Waals surface area contributed by atoms with E-state index in [4.69, 9.17) is 4.74 Å². The van der Waals surface area contributed by atoms with E-state index in [0.29, 0.717) is 13.0 Å². The second-order valence-electron chi connectivity index (χ2n) is 7.70. The van der Waals surface area contributed by atoms with Crippen molar-refractivity contribution in [3.63, 3.8) is 0 Å². The number of benzene rings is 1. The quantitative estimate of drug-likeness (QED) is 0.771. The van der Waals surface area contributed by atoms with Gasteiger partial charge in [0.25, 0.3) is 0 Å². The number of likely N-dealkylation sites (N-methyl/N-ethyl adjacent to an activating group) is 1. The van der Waals surface area contributed by atoms with Gasteiger partial charge in [-0.2, -0.15) is 5.10 Å². The minimum Gasteiger partial charge on any atom is -0.488 e. The van der Waals surface area contributed by atoms with Gasteiger partial charge in [-0.15, -0.1) is 0 Å². The summed E-state index contributed by atoms with van der Waals surface area (Å²) in [6, 6.07) is 8.08. The fourth-order valence-electron chi connectivity index (χ4n) is 3.64. The van der Waals surface area contributed by atoms with E-state index in [1.165, 1.54) is 16.0 Å². The molecule has 2 atom stereocenters. The third-order valence-corrected chi connectivity index (χ3v) is 7.08. The highest BCUT2D eigenvalue weighted by molar-refractivity contribution is 7.91. The topological polar surface area (TPSA) is 65.6 Å². The molecule has 1 unspecified atom stereocenters. The van der Waals surface area contributed by atoms with Crippen LogP contribution in [0.1, 0.15) is 35.0 Å². The van der Waals surface area contributed by atoms with E-state index in [2.05, 4.69) is 38.1 Å². The maximum absolute atomic E-state index is 11.8. The van der Waals surface area contributed by atoms with E-state index in [9.17, 15) is 8.42 Å². The Kier molecular flexibility index (Phi) is 5.91. The summed E-state index contributed by atoms with van der Waals surface area (Å²) in [5.41, 5.74) is 4.53. The molecule has 0 bridgehead atoms. The Balaban J connectivity index is 1.57. The van der Waals surface area contributed by atoms with Gasteiger partial charge in [-0.1, -0.05) is 17.7 Å². The Morgan fingerprint density at radius 3 is 2.56 bits per heavy atom. The first kappa shape index (κ1) is 19.9. The van der Waals surface area contributed by atoms with E-state index in [1.807, 2.05) is 23.7 Å². The minimum absolute atomic E-state index is 0.0207. The van der Waals surface area contributed by atoms with Crippen LogP contribution in [-0.2, 0) is 16.4 Å². The molecule has 1 aromatic carbocycles. The van der Waals surface area contributed by atoms with Gasteiger partial charge >= 0.3 is 0 Å². The van der Waals surface area contributed by atoms with Gasteiger partial charge in [0.05, 0.1) is 35.9 Å². The molecule has 6 nitrogen and oxygen atoms in total. The van der Waals surface area contributed by atoms with Gasteiger partial charge < -0.3 is 9.64 Å². The predicted molar refractivity (Wildman–Crippen MR) is 106 cm³/mol. The monoisotopic (exact) mass is 392 g/mol. The van der Waals surface area contributed by atoms with Crippen molar-refractivity contribution < 1.29 is 18.1 Å². The summed E-state index contributed by atoms with van der Waals surface area (Å²) in [6.07, 6.45) is 0.664. The number of aryl methyl sites for hydroxylation is 2. The molecule has 2 heterocycles. The van der Waals surface area contributed by atoms with Crippen molar-refractivity contribution in [3.8, 4) is 5.75 Å². The van der Waals surface area contributed by atoms with Crippen molar-refractivity contribution in [2.24, 2.45) is 0 Å². The van der Waals surface area contributed by atoms with E-state index < -0.39 is 9.84 Å². The molecule has 1 N–H and O–H groups in total. The first-order valence-corrected chi connectivity index (χ1v) is 11.3. The number of hydrogen-bond acceptors (Lipinski definition) is 4. The van der Waals surface area contributed by atoms with Gasteiger partial charge in [-0.05, 0) is 39.3 Å². The third-order valence-electron chi connectivity index (χ3n) is 5.33. The molecule has 1 fully saturated rings. The van der Waals surface area contributed by atoms with Crippen LogP contribution in [0.2, 0.25) is 0 Å². The lowest BCUT2D eigenvalue weighted by Crippen LogP contribution is -3.08. The number of nitrogens with one attached hydrogen (secondary N) is 1. The normalized spacial score (nSPS) is 19.9. The summed E-state index contributed by atoms with van der Waals surface area (Å²) in [5, 5.41) is 4.65. The van der Waals surface area contributed by atoms with Crippen molar-refractivity contribution in [2.45, 2.75) is 39.8 Å². The zero-order valence-corrected chi connectivity index (χ0v) is 17.5. The van der Waals surface area contributed by atoms with Crippen LogP contribution in [0.5, 0.6) is 5.75 Å². The summed E-state index contributed by atoms with van der Waals surface area (Å²) in [5.74, 6) is 1.38. The van der Waals surface area contributed by atoms with Crippen molar-refractivity contribution in [2.75, 3.05) is 31.7 Å². The Morgan fingerprint density at radius 2 is 1.93 bits per heavy atom. The zero-order chi connectivity index (χ0) is 19.6. The summed E-state index contributed by atoms with van der Waals surface area (Å²) < 4.78 is 31.3. The van der Waals surface area contributed by atoms with Crippen molar-refractivity contribution in [1.29, 1.82) is 0 Å². The second-order valence-corrected chi connectivity index (χ2v) is 9.92. The molecular formula is C20H30N3O3S+. The van der Waals surface area contributed by atoms with Crippen LogP contribution in [0.4, 0.5) is 0 Å². The number of rotatable bonds is 7. The first-order chi connectivity index (χ1) is 12.7. The molecule has 0 spiro atoms. The fraction of sp³-hybridized carbons (Fsp3) is 0.550. The zero-order valence-electron chi connectivity index (χ0n) is 16.7. The second kappa shape index (κ2) is 8.02. The Bertz CT molecular complexity index is 888. The molecule has 0 amide bonds. The maximum atomic E-state index is 11.8. The van der Waals surface area contributed by atoms with Crippen LogP contribution < -0.4 is 9.64 Å². The average Bonchev–Trinajstić information content (AvgIpc) is 3.10. The molecule has 1 aromatic heterocycles. The number of nitrogens with zero attached hydrogens (tertiary/aromatic N) is 2. The van der Waals surface area contributed by atoms with Crippen LogP contribution in [0.15, 0.2) is 24.3 Å². The molecule has 27 heavy (non-hydrogen) atoms. The molecule has 1 aliphatic heterocycles. The lowest BCUT2D eigenvalue weighted by atomic mass is 10.1. The highest BCUT2D eigenvalue weighted by atomic mass is 32.2. The third kappa shape index (κ3) is 4.90. The smallest absolute Gasteiger partial charge is 0.152 e. The average molecular weight is 393 g/mol. The van der Waals surface area contributed by atoms with Gasteiger partial charge in [-0.25, -0.2) is 8.42 Å². The van der Waals surface area contributed by atoms with Crippen LogP contribution in [-0.4, -0.2) is 49.9 Å². The molecule has 0 aliphatic carbocycles. The fourth-order valence-corrected chi connectivity index (χ4v) is 5.34. The number of aromatic nitrogens is 2. The number of quaternary nitrogens is 1. The minimum atomic E-state index is -2.91. The van der Waals surface area contributed by atoms with Crippen molar-refractivity contribution in [3.05, 3.63) is 46.8 Å². The molecular weight excluding hydrogens is 362 g/mol. The summed E-state index contributed by atoms with van der Waals surface area (Å²) in [6.45, 7) is 8.52. The van der Waals surface area contributed by atoms with E-state index in [1.54, 1.807) is 0 Å². The van der Waals surface area contributed by atoms with E-state index in [0.717, 1.165) is 30.2 Å².